The standard InChI is InChI=1S/C26H30O4.Ca/c1-18(2)9-8-10-19(3)13-16-22-23(30-4)17-21(24(25(22)27)26(28)29)15-14-20-11-6-5-7-12-20;/h5-7,9,11-15,17,27H,8,10,16H2,1-4H3,(H,28,29);/q;+2/p-2/b15-14+,19-13+;. The van der Waals surface area contributed by atoms with E-state index in [4.69, 9.17) is 4.74 Å². The first-order valence-corrected chi connectivity index (χ1v) is 9.97. The largest absolute Gasteiger partial charge is 2.00 e. The first-order valence-electron chi connectivity index (χ1n) is 9.97. The van der Waals surface area contributed by atoms with E-state index in [-0.39, 0.29) is 48.9 Å². The number of benzene rings is 2. The summed E-state index contributed by atoms with van der Waals surface area (Å²) in [5.41, 5.74) is 3.56. The zero-order chi connectivity index (χ0) is 22.1. The van der Waals surface area contributed by atoms with E-state index in [0.29, 0.717) is 17.7 Å². The van der Waals surface area contributed by atoms with E-state index in [1.165, 1.54) is 12.7 Å². The molecule has 0 amide bonds. The maximum atomic E-state index is 13.0. The summed E-state index contributed by atoms with van der Waals surface area (Å²) in [6.07, 6.45) is 9.61. The number of carboxylic acids is 1. The van der Waals surface area contributed by atoms with Gasteiger partial charge in [0, 0.05) is 0 Å². The Hall–Kier alpha value is -2.01. The normalized spacial score (nSPS) is 11.2. The summed E-state index contributed by atoms with van der Waals surface area (Å²) < 4.78 is 5.41. The summed E-state index contributed by atoms with van der Waals surface area (Å²) in [7, 11) is 1.48. The molecule has 2 aromatic carbocycles. The average Bonchev–Trinajstić information content (AvgIpc) is 2.71. The third-order valence-corrected chi connectivity index (χ3v) is 4.80. The molecule has 0 saturated carbocycles. The molecule has 0 saturated heterocycles. The summed E-state index contributed by atoms with van der Waals surface area (Å²) in [5.74, 6) is -1.66. The fourth-order valence-corrected chi connectivity index (χ4v) is 3.13. The van der Waals surface area contributed by atoms with E-state index in [0.717, 1.165) is 24.0 Å². The second-order valence-electron chi connectivity index (χ2n) is 7.46. The van der Waals surface area contributed by atoms with Gasteiger partial charge in [-0.05, 0) is 68.4 Å². The molecule has 4 nitrogen and oxygen atoms in total. The molecular weight excluding hydrogens is 416 g/mol. The van der Waals surface area contributed by atoms with Gasteiger partial charge >= 0.3 is 37.7 Å². The zero-order valence-corrected chi connectivity index (χ0v) is 20.9. The molecule has 5 heteroatoms. The van der Waals surface area contributed by atoms with Crippen LogP contribution in [0.5, 0.6) is 11.5 Å². The minimum atomic E-state index is -1.49. The third kappa shape index (κ3) is 8.21. The number of carboxylic acid groups (broad SMARTS) is 1. The van der Waals surface area contributed by atoms with Gasteiger partial charge in [-0.3, -0.25) is 0 Å². The fourth-order valence-electron chi connectivity index (χ4n) is 3.13. The van der Waals surface area contributed by atoms with Crippen molar-refractivity contribution >= 4 is 55.9 Å². The SMILES string of the molecule is COc1cc(/C=C/c2ccccc2)c(C(=O)[O-])c([O-])c1C/C=C(\C)CCC=C(C)C.[Ca+2]. The van der Waals surface area contributed by atoms with Crippen LogP contribution in [0.4, 0.5) is 0 Å². The van der Waals surface area contributed by atoms with Crippen LogP contribution < -0.4 is 14.9 Å². The molecule has 2 rings (SSSR count). The molecule has 31 heavy (non-hydrogen) atoms. The average molecular weight is 445 g/mol. The van der Waals surface area contributed by atoms with Crippen molar-refractivity contribution in [2.24, 2.45) is 0 Å². The van der Waals surface area contributed by atoms with Gasteiger partial charge in [-0.2, -0.15) is 0 Å². The number of carbonyl (C=O) groups is 1. The smallest absolute Gasteiger partial charge is 0.872 e. The van der Waals surface area contributed by atoms with Gasteiger partial charge in [0.1, 0.15) is 5.75 Å². The Balaban J connectivity index is 0.00000480. The number of hydrogen-bond acceptors (Lipinski definition) is 4. The van der Waals surface area contributed by atoms with Crippen molar-refractivity contribution in [2.75, 3.05) is 7.11 Å². The van der Waals surface area contributed by atoms with Gasteiger partial charge < -0.3 is 19.7 Å². The van der Waals surface area contributed by atoms with Crippen LogP contribution >= 0.6 is 0 Å². The Kier molecular flexibility index (Phi) is 11.7. The van der Waals surface area contributed by atoms with Crippen molar-refractivity contribution < 1.29 is 19.7 Å². The summed E-state index contributed by atoms with van der Waals surface area (Å²) in [4.78, 5) is 11.7. The first kappa shape index (κ1) is 27.0. The Bertz CT molecular complexity index is 969. The van der Waals surface area contributed by atoms with Crippen LogP contribution in [-0.2, 0) is 6.42 Å². The second kappa shape index (κ2) is 13.4. The molecule has 0 bridgehead atoms. The van der Waals surface area contributed by atoms with Crippen LogP contribution in [0.1, 0.15) is 60.7 Å². The van der Waals surface area contributed by atoms with Crippen LogP contribution in [0, 0.1) is 0 Å². The molecular formula is C26H28CaO4. The van der Waals surface area contributed by atoms with Gasteiger partial charge in [0.05, 0.1) is 13.1 Å². The van der Waals surface area contributed by atoms with Crippen molar-refractivity contribution in [1.29, 1.82) is 0 Å². The molecule has 0 aromatic heterocycles. The molecule has 0 fully saturated rings. The van der Waals surface area contributed by atoms with E-state index < -0.39 is 11.7 Å². The van der Waals surface area contributed by atoms with Crippen LogP contribution in [-0.4, -0.2) is 50.8 Å². The zero-order valence-electron chi connectivity index (χ0n) is 18.7. The van der Waals surface area contributed by atoms with Crippen molar-refractivity contribution in [1.82, 2.24) is 0 Å². The summed E-state index contributed by atoms with van der Waals surface area (Å²) >= 11 is 0. The van der Waals surface area contributed by atoms with Crippen LogP contribution in [0.25, 0.3) is 12.2 Å². The molecule has 0 atom stereocenters. The van der Waals surface area contributed by atoms with E-state index in [2.05, 4.69) is 19.9 Å². The quantitative estimate of drug-likeness (QED) is 0.331. The van der Waals surface area contributed by atoms with Crippen molar-refractivity contribution in [2.45, 2.75) is 40.0 Å². The van der Waals surface area contributed by atoms with E-state index in [9.17, 15) is 15.0 Å². The number of allylic oxidation sites excluding steroid dienone is 4. The molecule has 0 aliphatic heterocycles. The molecule has 158 valence electrons. The monoisotopic (exact) mass is 444 g/mol. The second-order valence-corrected chi connectivity index (χ2v) is 7.46. The maximum Gasteiger partial charge on any atom is 2.00 e. The predicted octanol–water partition coefficient (Wildman–Crippen LogP) is 4.16. The minimum absolute atomic E-state index is 0. The van der Waals surface area contributed by atoms with Crippen LogP contribution in [0.15, 0.2) is 59.7 Å². The van der Waals surface area contributed by atoms with E-state index >= 15 is 0 Å². The number of hydrogen-bond donors (Lipinski definition) is 0. The number of aromatic carboxylic acids is 1. The number of ether oxygens (including phenoxy) is 1. The minimum Gasteiger partial charge on any atom is -0.872 e. The van der Waals surface area contributed by atoms with Crippen LogP contribution in [0.2, 0.25) is 0 Å². The van der Waals surface area contributed by atoms with Gasteiger partial charge in [-0.15, -0.1) is 0 Å². The van der Waals surface area contributed by atoms with Gasteiger partial charge in [-0.1, -0.05) is 71.5 Å². The molecule has 0 unspecified atom stereocenters. The van der Waals surface area contributed by atoms with E-state index in [1.54, 1.807) is 18.2 Å². The summed E-state index contributed by atoms with van der Waals surface area (Å²) in [6.45, 7) is 6.12. The predicted molar refractivity (Wildman–Crippen MR) is 124 cm³/mol. The van der Waals surface area contributed by atoms with Gasteiger partial charge in [-0.25, -0.2) is 0 Å². The molecule has 0 N–H and O–H groups in total. The number of rotatable bonds is 9. The van der Waals surface area contributed by atoms with Gasteiger partial charge in [0.15, 0.2) is 0 Å². The number of methoxy groups -OCH3 is 1. The Morgan fingerprint density at radius 3 is 2.32 bits per heavy atom. The van der Waals surface area contributed by atoms with Gasteiger partial charge in [0.25, 0.3) is 0 Å². The Labute approximate surface area is 215 Å². The van der Waals surface area contributed by atoms with Crippen molar-refractivity contribution in [3.05, 3.63) is 82.0 Å². The van der Waals surface area contributed by atoms with Crippen molar-refractivity contribution in [3.8, 4) is 11.5 Å². The Morgan fingerprint density at radius 1 is 1.06 bits per heavy atom. The molecule has 0 aliphatic carbocycles. The molecule has 0 spiro atoms. The summed E-state index contributed by atoms with van der Waals surface area (Å²) in [5, 5.41) is 24.7. The first-order chi connectivity index (χ1) is 14.3. The molecule has 2 aromatic rings. The van der Waals surface area contributed by atoms with Gasteiger partial charge in [0.2, 0.25) is 0 Å². The Morgan fingerprint density at radius 2 is 1.74 bits per heavy atom. The molecule has 0 aliphatic rings. The van der Waals surface area contributed by atoms with Crippen LogP contribution in [0.3, 0.4) is 0 Å². The number of carbonyl (C=O) groups excluding carboxylic acids is 1. The third-order valence-electron chi connectivity index (χ3n) is 4.80. The topological polar surface area (TPSA) is 72.4 Å². The van der Waals surface area contributed by atoms with E-state index in [1.807, 2.05) is 43.3 Å². The van der Waals surface area contributed by atoms with Crippen molar-refractivity contribution in [3.63, 3.8) is 0 Å². The maximum absolute atomic E-state index is 13.0. The fraction of sp³-hybridized carbons (Fsp3) is 0.269. The molecule has 0 heterocycles. The summed E-state index contributed by atoms with van der Waals surface area (Å²) in [6, 6.07) is 11.0. The molecule has 0 radical (unpaired) electrons.